The number of rotatable bonds is 4. The van der Waals surface area contributed by atoms with Crippen LogP contribution in [0.4, 0.5) is 0 Å². The van der Waals surface area contributed by atoms with Gasteiger partial charge in [0.05, 0.1) is 5.56 Å². The third-order valence-corrected chi connectivity index (χ3v) is 7.00. The van der Waals surface area contributed by atoms with Crippen molar-refractivity contribution in [3.8, 4) is 0 Å². The second-order valence-electron chi connectivity index (χ2n) is 5.15. The lowest BCUT2D eigenvalue weighted by molar-refractivity contribution is 0.0698. The van der Waals surface area contributed by atoms with Crippen LogP contribution in [-0.2, 0) is 0 Å². The lowest BCUT2D eigenvalue weighted by Gasteiger charge is -2.19. The molecule has 0 aliphatic carbocycles. The summed E-state index contributed by atoms with van der Waals surface area (Å²) in [6.07, 6.45) is 0. The first-order valence-electron chi connectivity index (χ1n) is 7.19. The van der Waals surface area contributed by atoms with Crippen LogP contribution in [0.3, 0.4) is 0 Å². The van der Waals surface area contributed by atoms with E-state index in [1.807, 2.05) is 48.5 Å². The van der Waals surface area contributed by atoms with Crippen molar-refractivity contribution in [1.82, 2.24) is 0 Å². The topological polar surface area (TPSA) is 37.3 Å². The molecule has 3 aromatic rings. The highest BCUT2D eigenvalue weighted by molar-refractivity contribution is 6.96. The number of hydrogen-bond acceptors (Lipinski definition) is 1. The van der Waals surface area contributed by atoms with Crippen LogP contribution in [0.2, 0.25) is 0 Å². The first kappa shape index (κ1) is 14.3. The summed E-state index contributed by atoms with van der Waals surface area (Å²) >= 11 is 0. The summed E-state index contributed by atoms with van der Waals surface area (Å²) in [5.41, 5.74) is 0.409. The van der Waals surface area contributed by atoms with Crippen molar-refractivity contribution >= 4 is 30.3 Å². The smallest absolute Gasteiger partial charge is 0.335 e. The second-order valence-corrected chi connectivity index (χ2v) is 7.97. The SMILES string of the molecule is O=C(O)c1ccccc1[SiH](c1ccccc1)c1ccccc1. The van der Waals surface area contributed by atoms with Crippen molar-refractivity contribution in [3.05, 3.63) is 90.5 Å². The third kappa shape index (κ3) is 2.85. The van der Waals surface area contributed by atoms with Crippen LogP contribution in [-0.4, -0.2) is 19.9 Å². The molecule has 0 atom stereocenters. The van der Waals surface area contributed by atoms with Gasteiger partial charge in [0.25, 0.3) is 0 Å². The molecule has 0 radical (unpaired) electrons. The summed E-state index contributed by atoms with van der Waals surface area (Å²) in [4.78, 5) is 11.6. The molecule has 1 N–H and O–H groups in total. The van der Waals surface area contributed by atoms with E-state index in [2.05, 4.69) is 24.3 Å². The van der Waals surface area contributed by atoms with Gasteiger partial charge in [-0.1, -0.05) is 89.2 Å². The molecule has 2 nitrogen and oxygen atoms in total. The molecule has 0 saturated heterocycles. The highest BCUT2D eigenvalue weighted by Gasteiger charge is 2.23. The molecule has 0 unspecified atom stereocenters. The molecule has 0 heterocycles. The van der Waals surface area contributed by atoms with E-state index in [0.717, 1.165) is 5.19 Å². The molecule has 0 aliphatic heterocycles. The molecule has 0 spiro atoms. The summed E-state index contributed by atoms with van der Waals surface area (Å²) in [6, 6.07) is 27.8. The zero-order chi connectivity index (χ0) is 15.4. The normalized spacial score (nSPS) is 10.6. The van der Waals surface area contributed by atoms with E-state index in [1.54, 1.807) is 12.1 Å². The Morgan fingerprint density at radius 2 is 1.14 bits per heavy atom. The van der Waals surface area contributed by atoms with Crippen LogP contribution in [0.5, 0.6) is 0 Å². The van der Waals surface area contributed by atoms with Crippen LogP contribution in [0.15, 0.2) is 84.9 Å². The van der Waals surface area contributed by atoms with E-state index < -0.39 is 14.8 Å². The second kappa shape index (κ2) is 6.41. The lowest BCUT2D eigenvalue weighted by Crippen LogP contribution is -2.53. The largest absolute Gasteiger partial charge is 0.478 e. The Kier molecular flexibility index (Phi) is 4.16. The Morgan fingerprint density at radius 3 is 1.64 bits per heavy atom. The van der Waals surface area contributed by atoms with Gasteiger partial charge in [-0.2, -0.15) is 0 Å². The Hall–Kier alpha value is -2.65. The number of carboxylic acids is 1. The maximum Gasteiger partial charge on any atom is 0.335 e. The monoisotopic (exact) mass is 304 g/mol. The van der Waals surface area contributed by atoms with Gasteiger partial charge >= 0.3 is 5.97 Å². The van der Waals surface area contributed by atoms with Crippen LogP contribution in [0.1, 0.15) is 10.4 Å². The molecule has 0 aliphatic rings. The first-order chi connectivity index (χ1) is 10.8. The van der Waals surface area contributed by atoms with Gasteiger partial charge < -0.3 is 5.11 Å². The Bertz CT molecular complexity index is 730. The molecule has 0 bridgehead atoms. The van der Waals surface area contributed by atoms with Crippen molar-refractivity contribution in [2.75, 3.05) is 0 Å². The molecule has 0 fully saturated rings. The van der Waals surface area contributed by atoms with Gasteiger partial charge in [0, 0.05) is 0 Å². The molecule has 3 aromatic carbocycles. The number of benzene rings is 3. The fourth-order valence-corrected chi connectivity index (χ4v) is 5.94. The summed E-state index contributed by atoms with van der Waals surface area (Å²) in [6.45, 7) is 0. The van der Waals surface area contributed by atoms with E-state index in [4.69, 9.17) is 0 Å². The fourth-order valence-electron chi connectivity index (χ4n) is 2.79. The van der Waals surface area contributed by atoms with Crippen molar-refractivity contribution in [2.24, 2.45) is 0 Å². The minimum absolute atomic E-state index is 0.409. The Labute approximate surface area is 131 Å². The fraction of sp³-hybridized carbons (Fsp3) is 0. The number of aromatic carboxylic acids is 1. The van der Waals surface area contributed by atoms with E-state index in [-0.39, 0.29) is 0 Å². The van der Waals surface area contributed by atoms with Gasteiger partial charge in [0.2, 0.25) is 0 Å². The van der Waals surface area contributed by atoms with Gasteiger partial charge in [-0.25, -0.2) is 4.79 Å². The van der Waals surface area contributed by atoms with Crippen LogP contribution >= 0.6 is 0 Å². The zero-order valence-corrected chi connectivity index (χ0v) is 13.2. The molecule has 0 saturated carbocycles. The van der Waals surface area contributed by atoms with Gasteiger partial charge in [-0.15, -0.1) is 0 Å². The minimum Gasteiger partial charge on any atom is -0.478 e. The minimum atomic E-state index is -1.79. The summed E-state index contributed by atoms with van der Waals surface area (Å²) < 4.78 is 0. The molecule has 3 rings (SSSR count). The van der Waals surface area contributed by atoms with E-state index >= 15 is 0 Å². The van der Waals surface area contributed by atoms with E-state index in [0.29, 0.717) is 5.56 Å². The van der Waals surface area contributed by atoms with Gasteiger partial charge in [0.15, 0.2) is 0 Å². The van der Waals surface area contributed by atoms with Crippen LogP contribution < -0.4 is 15.6 Å². The molecule has 22 heavy (non-hydrogen) atoms. The van der Waals surface area contributed by atoms with E-state index in [1.165, 1.54) is 10.4 Å². The predicted molar refractivity (Wildman–Crippen MR) is 92.3 cm³/mol. The van der Waals surface area contributed by atoms with Crippen molar-refractivity contribution in [3.63, 3.8) is 0 Å². The average Bonchev–Trinajstić information content (AvgIpc) is 2.57. The summed E-state index contributed by atoms with van der Waals surface area (Å²) in [5, 5.41) is 12.9. The molecular weight excluding hydrogens is 288 g/mol. The van der Waals surface area contributed by atoms with Crippen LogP contribution in [0, 0.1) is 0 Å². The third-order valence-electron chi connectivity index (χ3n) is 3.77. The number of carboxylic acid groups (broad SMARTS) is 1. The molecule has 3 heteroatoms. The number of hydrogen-bond donors (Lipinski definition) is 1. The highest BCUT2D eigenvalue weighted by Crippen LogP contribution is 2.01. The molecule has 0 amide bonds. The Morgan fingerprint density at radius 1 is 0.682 bits per heavy atom. The summed E-state index contributed by atoms with van der Waals surface area (Å²) in [5.74, 6) is -0.861. The molecular formula is C19H16O2Si. The Balaban J connectivity index is 2.21. The maximum atomic E-state index is 11.6. The predicted octanol–water partition coefficient (Wildman–Crippen LogP) is 1.63. The van der Waals surface area contributed by atoms with Crippen molar-refractivity contribution in [1.29, 1.82) is 0 Å². The standard InChI is InChI=1S/C19H16O2Si/c20-19(21)17-13-7-8-14-18(17)22(15-9-3-1-4-10-15)16-11-5-2-6-12-16/h1-14,22H,(H,20,21). The number of carbonyl (C=O) groups is 1. The first-order valence-corrected chi connectivity index (χ1v) is 8.92. The van der Waals surface area contributed by atoms with E-state index in [9.17, 15) is 9.90 Å². The molecule has 108 valence electrons. The molecule has 0 aromatic heterocycles. The highest BCUT2D eigenvalue weighted by atomic mass is 28.3. The summed E-state index contributed by atoms with van der Waals surface area (Å²) in [7, 11) is -1.79. The zero-order valence-electron chi connectivity index (χ0n) is 12.0. The average molecular weight is 304 g/mol. The lowest BCUT2D eigenvalue weighted by atomic mass is 10.2. The van der Waals surface area contributed by atoms with Gasteiger partial charge in [-0.3, -0.25) is 0 Å². The quantitative estimate of drug-likeness (QED) is 0.588. The van der Waals surface area contributed by atoms with Crippen molar-refractivity contribution < 1.29 is 9.90 Å². The van der Waals surface area contributed by atoms with Crippen molar-refractivity contribution in [2.45, 2.75) is 0 Å². The van der Waals surface area contributed by atoms with Gasteiger partial charge in [-0.05, 0) is 11.3 Å². The maximum absolute atomic E-state index is 11.6. The van der Waals surface area contributed by atoms with Gasteiger partial charge in [0.1, 0.15) is 8.80 Å². The van der Waals surface area contributed by atoms with Crippen LogP contribution in [0.25, 0.3) is 0 Å².